The highest BCUT2D eigenvalue weighted by Crippen LogP contribution is 2.29. The van der Waals surface area contributed by atoms with Crippen molar-refractivity contribution in [2.45, 2.75) is 50.6 Å². The lowest BCUT2D eigenvalue weighted by Gasteiger charge is -2.16. The molecule has 0 radical (unpaired) electrons. The van der Waals surface area contributed by atoms with Crippen LogP contribution in [0.4, 0.5) is 18.9 Å². The van der Waals surface area contributed by atoms with Crippen molar-refractivity contribution < 1.29 is 26.4 Å². The molecule has 140 valence electrons. The van der Waals surface area contributed by atoms with Crippen LogP contribution in [0.15, 0.2) is 23.4 Å². The van der Waals surface area contributed by atoms with E-state index < -0.39 is 15.5 Å². The molecule has 25 heavy (non-hydrogen) atoms. The summed E-state index contributed by atoms with van der Waals surface area (Å²) in [5.74, 6) is 0. The summed E-state index contributed by atoms with van der Waals surface area (Å²) in [6.07, 6.45) is 4.10. The fourth-order valence-corrected chi connectivity index (χ4v) is 3.24. The molecule has 0 bridgehead atoms. The zero-order valence-electron chi connectivity index (χ0n) is 13.4. The van der Waals surface area contributed by atoms with Crippen LogP contribution in [0, 0.1) is 0 Å². The number of benzene rings is 1. The normalized spacial score (nSPS) is 16.9. The van der Waals surface area contributed by atoms with Gasteiger partial charge in [-0.05, 0) is 50.3 Å². The van der Waals surface area contributed by atoms with Crippen molar-refractivity contribution in [3.05, 3.63) is 28.8 Å². The second kappa shape index (κ2) is 7.82. The Hall–Kier alpha value is -1.48. The van der Waals surface area contributed by atoms with E-state index in [9.17, 15) is 21.6 Å². The highest BCUT2D eigenvalue weighted by atomic mass is 35.5. The first-order chi connectivity index (χ1) is 11.6. The van der Waals surface area contributed by atoms with Gasteiger partial charge in [0.25, 0.3) is 0 Å². The Kier molecular flexibility index (Phi) is 6.21. The number of hydrogen-bond donors (Lipinski definition) is 1. The summed E-state index contributed by atoms with van der Waals surface area (Å²) in [6.45, 7) is 1.74. The van der Waals surface area contributed by atoms with Crippen molar-refractivity contribution in [3.8, 4) is 0 Å². The van der Waals surface area contributed by atoms with Gasteiger partial charge in [0, 0.05) is 10.6 Å². The number of hydrogen-bond acceptors (Lipinski definition) is 4. The van der Waals surface area contributed by atoms with Gasteiger partial charge in [0.2, 0.25) is 0 Å². The minimum absolute atomic E-state index is 0.0314. The molecule has 1 fully saturated rings. The molecule has 0 saturated heterocycles. The van der Waals surface area contributed by atoms with Crippen molar-refractivity contribution in [1.82, 2.24) is 0 Å². The minimum Gasteiger partial charge on any atom is -0.392 e. The molecule has 0 amide bonds. The van der Waals surface area contributed by atoms with Crippen molar-refractivity contribution in [2.24, 2.45) is 5.16 Å². The van der Waals surface area contributed by atoms with Crippen LogP contribution in [-0.4, -0.2) is 25.7 Å². The summed E-state index contributed by atoms with van der Waals surface area (Å²) in [5.41, 5.74) is -5.21. The monoisotopic (exact) mass is 398 g/mol. The lowest BCUT2D eigenvalue weighted by Crippen LogP contribution is -2.30. The molecule has 1 N–H and O–H groups in total. The average molecular weight is 399 g/mol. The Labute approximate surface area is 149 Å². The molecular weight excluding hydrogens is 381 g/mol. The van der Waals surface area contributed by atoms with Gasteiger partial charge < -0.3 is 4.84 Å². The molecule has 0 unspecified atom stereocenters. The lowest BCUT2D eigenvalue weighted by molar-refractivity contribution is -0.0429. The molecule has 0 spiro atoms. The molecule has 2 rings (SSSR count). The zero-order valence-corrected chi connectivity index (χ0v) is 15.0. The molecule has 1 aromatic rings. The van der Waals surface area contributed by atoms with E-state index in [4.69, 9.17) is 16.4 Å². The Morgan fingerprint density at radius 2 is 2.00 bits per heavy atom. The molecule has 5 nitrogen and oxygen atoms in total. The van der Waals surface area contributed by atoms with Gasteiger partial charge >= 0.3 is 15.5 Å². The molecule has 0 atom stereocenters. The molecular formula is C15H18ClF3N2O3S. The van der Waals surface area contributed by atoms with Crippen LogP contribution in [-0.2, 0) is 14.9 Å². The van der Waals surface area contributed by atoms with Crippen molar-refractivity contribution in [1.29, 1.82) is 0 Å². The van der Waals surface area contributed by atoms with E-state index in [0.29, 0.717) is 12.1 Å². The van der Waals surface area contributed by atoms with Gasteiger partial charge in [-0.2, -0.15) is 21.6 Å². The molecule has 0 heterocycles. The maximum atomic E-state index is 12.6. The second-order valence-electron chi connectivity index (χ2n) is 5.64. The van der Waals surface area contributed by atoms with E-state index in [-0.39, 0.29) is 22.4 Å². The number of nitrogens with one attached hydrogen (secondary N) is 1. The summed E-state index contributed by atoms with van der Waals surface area (Å²) in [4.78, 5) is 5.45. The number of nitrogens with zero attached hydrogens (tertiary/aromatic N) is 1. The highest BCUT2D eigenvalue weighted by molar-refractivity contribution is 7.93. The second-order valence-corrected chi connectivity index (χ2v) is 7.75. The number of rotatable bonds is 6. The fourth-order valence-electron chi connectivity index (χ4n) is 2.48. The standard InChI is InChI=1S/C15H18ClF3N2O3S/c1-2-13(20-24-11-5-3-4-6-11)12-9-10(16)7-8-14(12)21-25(22,23)15(17,18)19/h7-9,11,21H,2-6H2,1H3/b20-13+. The SMILES string of the molecule is CC/C(=N\OC1CCCC1)c1cc(Cl)ccc1NS(=O)(=O)C(F)(F)F. The lowest BCUT2D eigenvalue weighted by atomic mass is 10.1. The zero-order chi connectivity index (χ0) is 18.7. The number of oxime groups is 1. The summed E-state index contributed by atoms with van der Waals surface area (Å²) < 4.78 is 62.2. The van der Waals surface area contributed by atoms with Crippen molar-refractivity contribution >= 4 is 33.0 Å². The predicted octanol–water partition coefficient (Wildman–Crippen LogP) is 4.67. The van der Waals surface area contributed by atoms with E-state index in [1.54, 1.807) is 11.6 Å². The van der Waals surface area contributed by atoms with Gasteiger partial charge in [0.15, 0.2) is 0 Å². The summed E-state index contributed by atoms with van der Waals surface area (Å²) >= 11 is 5.91. The Bertz CT molecular complexity index is 745. The van der Waals surface area contributed by atoms with Gasteiger partial charge in [-0.25, -0.2) is 0 Å². The molecule has 1 saturated carbocycles. The molecule has 1 aromatic carbocycles. The number of anilines is 1. The van der Waals surface area contributed by atoms with Gasteiger partial charge in [-0.3, -0.25) is 4.72 Å². The van der Waals surface area contributed by atoms with Crippen molar-refractivity contribution in [2.75, 3.05) is 4.72 Å². The largest absolute Gasteiger partial charge is 0.516 e. The third-order valence-corrected chi connectivity index (χ3v) is 5.12. The summed E-state index contributed by atoms with van der Waals surface area (Å²) in [6, 6.07) is 3.82. The molecule has 1 aliphatic rings. The third kappa shape index (κ3) is 5.01. The predicted molar refractivity (Wildman–Crippen MR) is 90.2 cm³/mol. The first-order valence-corrected chi connectivity index (χ1v) is 9.62. The van der Waals surface area contributed by atoms with Crippen LogP contribution in [0.5, 0.6) is 0 Å². The Morgan fingerprint density at radius 3 is 2.56 bits per heavy atom. The Balaban J connectivity index is 2.34. The molecule has 10 heteroatoms. The molecule has 0 aromatic heterocycles. The van der Waals surface area contributed by atoms with Crippen LogP contribution in [0.1, 0.15) is 44.6 Å². The van der Waals surface area contributed by atoms with E-state index in [2.05, 4.69) is 5.16 Å². The first-order valence-electron chi connectivity index (χ1n) is 7.75. The van der Waals surface area contributed by atoms with Crippen LogP contribution >= 0.6 is 11.6 Å². The summed E-state index contributed by atoms with van der Waals surface area (Å²) in [7, 11) is -5.55. The van der Waals surface area contributed by atoms with E-state index >= 15 is 0 Å². The van der Waals surface area contributed by atoms with Gasteiger partial charge in [-0.15, -0.1) is 0 Å². The van der Waals surface area contributed by atoms with E-state index in [1.165, 1.54) is 18.2 Å². The first kappa shape index (κ1) is 19.8. The number of alkyl halides is 3. The van der Waals surface area contributed by atoms with Gasteiger partial charge in [0.1, 0.15) is 6.10 Å². The topological polar surface area (TPSA) is 67.8 Å². The maximum absolute atomic E-state index is 12.6. The van der Waals surface area contributed by atoms with Gasteiger partial charge in [-0.1, -0.05) is 23.7 Å². The highest BCUT2D eigenvalue weighted by Gasteiger charge is 2.46. The quantitative estimate of drug-likeness (QED) is 0.559. The van der Waals surface area contributed by atoms with Crippen molar-refractivity contribution in [3.63, 3.8) is 0 Å². The maximum Gasteiger partial charge on any atom is 0.516 e. The molecule has 0 aliphatic heterocycles. The number of halogens is 4. The Morgan fingerprint density at radius 1 is 1.36 bits per heavy atom. The summed E-state index contributed by atoms with van der Waals surface area (Å²) in [5, 5.41) is 4.27. The van der Waals surface area contributed by atoms with E-state index in [0.717, 1.165) is 25.7 Å². The molecule has 1 aliphatic carbocycles. The average Bonchev–Trinajstić information content (AvgIpc) is 3.02. The fraction of sp³-hybridized carbons (Fsp3) is 0.533. The smallest absolute Gasteiger partial charge is 0.392 e. The van der Waals surface area contributed by atoms with Crippen LogP contribution in [0.2, 0.25) is 5.02 Å². The van der Waals surface area contributed by atoms with E-state index in [1.807, 2.05) is 0 Å². The third-order valence-electron chi connectivity index (χ3n) is 3.79. The van der Waals surface area contributed by atoms with Crippen LogP contribution < -0.4 is 4.72 Å². The number of sulfonamides is 1. The minimum atomic E-state index is -5.55. The van der Waals surface area contributed by atoms with Crippen LogP contribution in [0.3, 0.4) is 0 Å². The van der Waals surface area contributed by atoms with Gasteiger partial charge in [0.05, 0.1) is 11.4 Å². The van der Waals surface area contributed by atoms with Crippen LogP contribution in [0.25, 0.3) is 0 Å².